The molecule has 24 heavy (non-hydrogen) atoms. The third kappa shape index (κ3) is 4.08. The highest BCUT2D eigenvalue weighted by molar-refractivity contribution is 5.54. The van der Waals surface area contributed by atoms with Gasteiger partial charge >= 0.3 is 6.18 Å². The first-order valence-corrected chi connectivity index (χ1v) is 7.99. The largest absolute Gasteiger partial charge is 0.399 e. The van der Waals surface area contributed by atoms with Crippen molar-refractivity contribution in [1.29, 1.82) is 0 Å². The van der Waals surface area contributed by atoms with E-state index in [1.54, 1.807) is 18.2 Å². The number of aryl methyl sites for hydroxylation is 4. The van der Waals surface area contributed by atoms with Gasteiger partial charge in [-0.05, 0) is 73.6 Å². The normalized spacial score (nSPS) is 13.5. The fourth-order valence-electron chi connectivity index (χ4n) is 2.73. The number of halogens is 3. The number of benzene rings is 2. The molecule has 0 amide bonds. The number of rotatable bonds is 3. The van der Waals surface area contributed by atoms with Crippen molar-refractivity contribution in [2.45, 2.75) is 46.7 Å². The summed E-state index contributed by atoms with van der Waals surface area (Å²) in [7, 11) is 0. The zero-order valence-electron chi connectivity index (χ0n) is 14.8. The minimum Gasteiger partial charge on any atom is -0.170 e. The molecule has 2 aromatic carbocycles. The minimum absolute atomic E-state index is 0.295. The highest BCUT2D eigenvalue weighted by Crippen LogP contribution is 2.37. The van der Waals surface area contributed by atoms with Crippen molar-refractivity contribution in [1.82, 2.24) is 0 Å². The van der Waals surface area contributed by atoms with Crippen LogP contribution in [0.15, 0.2) is 36.4 Å². The lowest BCUT2D eigenvalue weighted by atomic mass is 9.91. The van der Waals surface area contributed by atoms with Crippen molar-refractivity contribution < 1.29 is 13.2 Å². The third-order valence-electron chi connectivity index (χ3n) is 4.67. The van der Waals surface area contributed by atoms with Crippen LogP contribution in [-0.4, -0.2) is 6.18 Å². The van der Waals surface area contributed by atoms with Gasteiger partial charge in [0.2, 0.25) is 0 Å². The van der Waals surface area contributed by atoms with Crippen molar-refractivity contribution >= 4 is 6.08 Å². The van der Waals surface area contributed by atoms with E-state index in [2.05, 4.69) is 0 Å². The van der Waals surface area contributed by atoms with E-state index >= 15 is 0 Å². The lowest BCUT2D eigenvalue weighted by Gasteiger charge is -2.19. The van der Waals surface area contributed by atoms with Gasteiger partial charge in [-0.2, -0.15) is 13.2 Å². The third-order valence-corrected chi connectivity index (χ3v) is 4.67. The van der Waals surface area contributed by atoms with Crippen molar-refractivity contribution in [2.75, 3.05) is 0 Å². The Kier molecular flexibility index (Phi) is 5.22. The van der Waals surface area contributed by atoms with Gasteiger partial charge in [-0.25, -0.2) is 0 Å². The molecule has 0 aliphatic carbocycles. The Morgan fingerprint density at radius 2 is 1.38 bits per heavy atom. The van der Waals surface area contributed by atoms with Crippen LogP contribution in [0.1, 0.15) is 44.9 Å². The van der Waals surface area contributed by atoms with Crippen LogP contribution in [0.4, 0.5) is 13.2 Å². The summed E-state index contributed by atoms with van der Waals surface area (Å²) in [4.78, 5) is 0. The smallest absolute Gasteiger partial charge is 0.170 e. The first-order chi connectivity index (χ1) is 11.1. The summed E-state index contributed by atoms with van der Waals surface area (Å²) in [6.45, 7) is 9.58. The Bertz CT molecular complexity index is 744. The molecule has 0 nitrogen and oxygen atoms in total. The van der Waals surface area contributed by atoms with Crippen LogP contribution >= 0.6 is 0 Å². The molecule has 0 radical (unpaired) electrons. The molecule has 0 spiro atoms. The van der Waals surface area contributed by atoms with E-state index in [-0.39, 0.29) is 0 Å². The number of alkyl halides is 3. The molecule has 3 heteroatoms. The molecule has 2 rings (SSSR count). The van der Waals surface area contributed by atoms with Crippen molar-refractivity contribution in [2.24, 2.45) is 0 Å². The summed E-state index contributed by atoms with van der Waals surface area (Å²) < 4.78 is 40.7. The maximum Gasteiger partial charge on any atom is 0.399 e. The van der Waals surface area contributed by atoms with Gasteiger partial charge in [-0.1, -0.05) is 42.5 Å². The molecule has 0 N–H and O–H groups in total. The summed E-state index contributed by atoms with van der Waals surface area (Å²) in [6.07, 6.45) is -1.49. The lowest BCUT2D eigenvalue weighted by molar-refractivity contribution is -0.139. The average molecular weight is 332 g/mol. The second kappa shape index (κ2) is 6.84. The summed E-state index contributed by atoms with van der Waals surface area (Å²) in [5, 5.41) is 0. The van der Waals surface area contributed by atoms with E-state index in [9.17, 15) is 13.2 Å². The first kappa shape index (κ1) is 18.3. The van der Waals surface area contributed by atoms with Gasteiger partial charge in [0, 0.05) is 0 Å². The molecule has 2 aromatic rings. The fraction of sp³-hybridized carbons (Fsp3) is 0.333. The van der Waals surface area contributed by atoms with E-state index in [1.807, 2.05) is 52.8 Å². The van der Waals surface area contributed by atoms with E-state index in [1.165, 1.54) is 6.08 Å². The quantitative estimate of drug-likeness (QED) is 0.595. The number of hydrogen-bond acceptors (Lipinski definition) is 0. The highest BCUT2D eigenvalue weighted by Gasteiger charge is 2.39. The summed E-state index contributed by atoms with van der Waals surface area (Å²) in [5.74, 6) is -1.60. The molecule has 1 atom stereocenters. The monoisotopic (exact) mass is 332 g/mol. The Hall–Kier alpha value is -2.03. The molecule has 128 valence electrons. The van der Waals surface area contributed by atoms with Crippen molar-refractivity contribution in [3.05, 3.63) is 75.4 Å². The first-order valence-electron chi connectivity index (χ1n) is 7.99. The van der Waals surface area contributed by atoms with Gasteiger partial charge in [0.15, 0.2) is 0 Å². The Morgan fingerprint density at radius 3 is 1.88 bits per heavy atom. The van der Waals surface area contributed by atoms with Crippen LogP contribution in [0.3, 0.4) is 0 Å². The summed E-state index contributed by atoms with van der Waals surface area (Å²) in [5.41, 5.74) is 6.10. The highest BCUT2D eigenvalue weighted by atomic mass is 19.4. The van der Waals surface area contributed by atoms with Crippen molar-refractivity contribution in [3.63, 3.8) is 0 Å². The summed E-state index contributed by atoms with van der Waals surface area (Å²) >= 11 is 0. The lowest BCUT2D eigenvalue weighted by Crippen LogP contribution is -2.19. The molecule has 0 bridgehead atoms. The van der Waals surface area contributed by atoms with Gasteiger partial charge in [0.25, 0.3) is 0 Å². The Morgan fingerprint density at radius 1 is 0.792 bits per heavy atom. The molecule has 1 unspecified atom stereocenters. The topological polar surface area (TPSA) is 0 Å². The second-order valence-corrected chi connectivity index (χ2v) is 6.50. The van der Waals surface area contributed by atoms with Crippen LogP contribution in [0.5, 0.6) is 0 Å². The van der Waals surface area contributed by atoms with Gasteiger partial charge in [-0.3, -0.25) is 0 Å². The number of hydrogen-bond donors (Lipinski definition) is 0. The maximum absolute atomic E-state index is 13.6. The van der Waals surface area contributed by atoms with Gasteiger partial charge < -0.3 is 0 Å². The molecule has 0 aromatic heterocycles. The van der Waals surface area contributed by atoms with Crippen LogP contribution in [0.25, 0.3) is 6.08 Å². The molecular formula is C21H23F3. The molecule has 0 aliphatic heterocycles. The number of allylic oxidation sites excluding steroid dienone is 1. The van der Waals surface area contributed by atoms with E-state index in [0.29, 0.717) is 5.56 Å². The predicted molar refractivity (Wildman–Crippen MR) is 94.4 cm³/mol. The molecule has 0 saturated heterocycles. The summed E-state index contributed by atoms with van der Waals surface area (Å²) in [6, 6.07) is 8.97. The van der Waals surface area contributed by atoms with E-state index in [4.69, 9.17) is 0 Å². The Labute approximate surface area is 142 Å². The molecule has 0 saturated carbocycles. The predicted octanol–water partition coefficient (Wildman–Crippen LogP) is 6.59. The molecule has 0 aliphatic rings. The van der Waals surface area contributed by atoms with E-state index in [0.717, 1.165) is 33.4 Å². The minimum atomic E-state index is -4.32. The zero-order chi connectivity index (χ0) is 18.1. The van der Waals surface area contributed by atoms with Crippen LogP contribution in [0, 0.1) is 34.6 Å². The van der Waals surface area contributed by atoms with Gasteiger partial charge in [-0.15, -0.1) is 0 Å². The Balaban J connectivity index is 2.43. The maximum atomic E-state index is 13.6. The molecule has 0 fully saturated rings. The molecule has 0 heterocycles. The van der Waals surface area contributed by atoms with E-state index < -0.39 is 12.1 Å². The SMILES string of the molecule is Cc1ccc(/C=C/C(c2cc(C)c(C)c(C)c2)C(F)(F)F)cc1C. The molecular weight excluding hydrogens is 309 g/mol. The van der Waals surface area contributed by atoms with Gasteiger partial charge in [0.1, 0.15) is 0 Å². The average Bonchev–Trinajstić information content (AvgIpc) is 2.47. The van der Waals surface area contributed by atoms with Crippen molar-refractivity contribution in [3.8, 4) is 0 Å². The van der Waals surface area contributed by atoms with Crippen LogP contribution < -0.4 is 0 Å². The second-order valence-electron chi connectivity index (χ2n) is 6.50. The van der Waals surface area contributed by atoms with Crippen LogP contribution in [0.2, 0.25) is 0 Å². The fourth-order valence-corrected chi connectivity index (χ4v) is 2.73. The van der Waals surface area contributed by atoms with Crippen LogP contribution in [-0.2, 0) is 0 Å². The zero-order valence-corrected chi connectivity index (χ0v) is 14.8. The standard InChI is InChI=1S/C21H23F3/c1-13-6-7-18(10-14(13)2)8-9-20(21(22,23)24)19-11-15(3)17(5)16(4)12-19/h6-12,20H,1-5H3/b9-8+. The van der Waals surface area contributed by atoms with Gasteiger partial charge in [0.05, 0.1) is 5.92 Å².